The van der Waals surface area contributed by atoms with Gasteiger partial charge in [-0.2, -0.15) is 0 Å². The summed E-state index contributed by atoms with van der Waals surface area (Å²) in [6, 6.07) is 4.82. The van der Waals surface area contributed by atoms with Crippen molar-refractivity contribution in [2.45, 2.75) is 18.9 Å². The minimum Gasteiger partial charge on any atom is -0.345 e. The average molecular weight is 415 g/mol. The van der Waals surface area contributed by atoms with Gasteiger partial charge in [0.15, 0.2) is 0 Å². The van der Waals surface area contributed by atoms with Crippen LogP contribution in [-0.2, 0) is 9.59 Å². The Morgan fingerprint density at radius 1 is 1.19 bits per heavy atom. The van der Waals surface area contributed by atoms with Gasteiger partial charge in [0.1, 0.15) is 0 Å². The highest BCUT2D eigenvalue weighted by molar-refractivity contribution is 6.36. The van der Waals surface area contributed by atoms with Crippen molar-refractivity contribution in [2.75, 3.05) is 40.3 Å². The van der Waals surface area contributed by atoms with Crippen LogP contribution in [0.4, 0.5) is 0 Å². The molecular formula is C18H24Cl2N4O3. The molecule has 0 spiro atoms. The number of carbonyl (C=O) groups excluding carboxylic acids is 3. The van der Waals surface area contributed by atoms with Crippen LogP contribution in [0.15, 0.2) is 18.2 Å². The number of likely N-dealkylation sites (tertiary alicyclic amines) is 1. The van der Waals surface area contributed by atoms with E-state index in [1.165, 1.54) is 12.1 Å². The second-order valence-electron chi connectivity index (χ2n) is 6.68. The number of hydrogen-bond donors (Lipinski definition) is 2. The van der Waals surface area contributed by atoms with E-state index in [1.807, 2.05) is 14.1 Å². The summed E-state index contributed by atoms with van der Waals surface area (Å²) >= 11 is 11.8. The maximum absolute atomic E-state index is 12.3. The van der Waals surface area contributed by atoms with E-state index in [2.05, 4.69) is 15.5 Å². The molecule has 1 atom stereocenters. The van der Waals surface area contributed by atoms with Crippen molar-refractivity contribution < 1.29 is 14.4 Å². The van der Waals surface area contributed by atoms with Gasteiger partial charge in [-0.05, 0) is 45.1 Å². The predicted molar refractivity (Wildman–Crippen MR) is 105 cm³/mol. The first-order chi connectivity index (χ1) is 12.8. The number of rotatable bonds is 6. The Labute approximate surface area is 169 Å². The molecule has 1 aliphatic heterocycles. The third-order valence-corrected chi connectivity index (χ3v) is 5.05. The van der Waals surface area contributed by atoms with Gasteiger partial charge >= 0.3 is 0 Å². The summed E-state index contributed by atoms with van der Waals surface area (Å²) in [5.74, 6) is -1.05. The summed E-state index contributed by atoms with van der Waals surface area (Å²) in [5.41, 5.74) is 0.230. The Hall–Kier alpha value is -1.83. The zero-order chi connectivity index (χ0) is 20.0. The smallest absolute Gasteiger partial charge is 0.253 e. The molecule has 1 aliphatic rings. The van der Waals surface area contributed by atoms with E-state index in [-0.39, 0.29) is 29.6 Å². The number of halogens is 2. The second kappa shape index (κ2) is 9.92. The SMILES string of the molecule is CN(C)C1CCCN(C(=O)CNC(=O)CNC(=O)c2ccc(Cl)cc2Cl)C1. The van der Waals surface area contributed by atoms with Gasteiger partial charge < -0.3 is 20.4 Å². The maximum Gasteiger partial charge on any atom is 0.253 e. The fourth-order valence-electron chi connectivity index (χ4n) is 2.88. The molecule has 1 aromatic rings. The van der Waals surface area contributed by atoms with Crippen LogP contribution in [0.5, 0.6) is 0 Å². The number of carbonyl (C=O) groups is 3. The monoisotopic (exact) mass is 414 g/mol. The largest absolute Gasteiger partial charge is 0.345 e. The van der Waals surface area contributed by atoms with Crippen LogP contribution < -0.4 is 10.6 Å². The van der Waals surface area contributed by atoms with E-state index in [1.54, 1.807) is 11.0 Å². The van der Waals surface area contributed by atoms with E-state index in [0.717, 1.165) is 12.8 Å². The fourth-order valence-corrected chi connectivity index (χ4v) is 3.37. The van der Waals surface area contributed by atoms with Gasteiger partial charge in [0.2, 0.25) is 11.8 Å². The molecule has 9 heteroatoms. The first kappa shape index (κ1) is 21.5. The van der Waals surface area contributed by atoms with Crippen molar-refractivity contribution in [3.63, 3.8) is 0 Å². The summed E-state index contributed by atoms with van der Waals surface area (Å²) < 4.78 is 0. The molecule has 1 saturated heterocycles. The van der Waals surface area contributed by atoms with Crippen LogP contribution in [0.25, 0.3) is 0 Å². The predicted octanol–water partition coefficient (Wildman–Crippen LogP) is 1.39. The van der Waals surface area contributed by atoms with E-state index < -0.39 is 11.8 Å². The zero-order valence-electron chi connectivity index (χ0n) is 15.4. The van der Waals surface area contributed by atoms with Gasteiger partial charge in [-0.1, -0.05) is 23.2 Å². The third-order valence-electron chi connectivity index (χ3n) is 4.50. The number of benzene rings is 1. The van der Waals surface area contributed by atoms with Gasteiger partial charge in [-0.15, -0.1) is 0 Å². The Kier molecular flexibility index (Phi) is 7.89. The number of nitrogens with one attached hydrogen (secondary N) is 2. The van der Waals surface area contributed by atoms with Crippen LogP contribution in [0, 0.1) is 0 Å². The van der Waals surface area contributed by atoms with E-state index in [0.29, 0.717) is 24.2 Å². The quantitative estimate of drug-likeness (QED) is 0.736. The normalized spacial score (nSPS) is 16.9. The molecule has 1 unspecified atom stereocenters. The molecule has 148 valence electrons. The van der Waals surface area contributed by atoms with E-state index in [4.69, 9.17) is 23.2 Å². The lowest BCUT2D eigenvalue weighted by molar-refractivity contribution is -0.134. The Balaban J connectivity index is 1.75. The summed E-state index contributed by atoms with van der Waals surface area (Å²) in [6.45, 7) is 1.03. The zero-order valence-corrected chi connectivity index (χ0v) is 16.9. The van der Waals surface area contributed by atoms with E-state index >= 15 is 0 Å². The second-order valence-corrected chi connectivity index (χ2v) is 7.53. The van der Waals surface area contributed by atoms with Crippen LogP contribution in [0.2, 0.25) is 10.0 Å². The van der Waals surface area contributed by atoms with Gasteiger partial charge in [-0.25, -0.2) is 0 Å². The highest BCUT2D eigenvalue weighted by Crippen LogP contribution is 2.20. The summed E-state index contributed by atoms with van der Waals surface area (Å²) in [5, 5.41) is 5.64. The molecule has 1 heterocycles. The molecule has 7 nitrogen and oxygen atoms in total. The van der Waals surface area contributed by atoms with Crippen molar-refractivity contribution in [1.82, 2.24) is 20.4 Å². The first-order valence-corrected chi connectivity index (χ1v) is 9.47. The summed E-state index contributed by atoms with van der Waals surface area (Å²) in [7, 11) is 3.99. The van der Waals surface area contributed by atoms with Crippen molar-refractivity contribution in [2.24, 2.45) is 0 Å². The summed E-state index contributed by atoms with van der Waals surface area (Å²) in [6.07, 6.45) is 2.00. The molecule has 2 rings (SSSR count). The van der Waals surface area contributed by atoms with Gasteiger partial charge in [0.05, 0.1) is 23.7 Å². The molecule has 0 radical (unpaired) electrons. The lowest BCUT2D eigenvalue weighted by Gasteiger charge is -2.36. The van der Waals surface area contributed by atoms with Crippen molar-refractivity contribution in [3.05, 3.63) is 33.8 Å². The van der Waals surface area contributed by atoms with Crippen molar-refractivity contribution in [1.29, 1.82) is 0 Å². The fraction of sp³-hybridized carbons (Fsp3) is 0.500. The maximum atomic E-state index is 12.3. The minimum absolute atomic E-state index is 0.0868. The molecular weight excluding hydrogens is 391 g/mol. The number of amides is 3. The van der Waals surface area contributed by atoms with Crippen LogP contribution in [-0.4, -0.2) is 73.8 Å². The molecule has 2 N–H and O–H groups in total. The Morgan fingerprint density at radius 2 is 1.93 bits per heavy atom. The topological polar surface area (TPSA) is 81.8 Å². The number of hydrogen-bond acceptors (Lipinski definition) is 4. The number of piperidine rings is 1. The molecule has 0 saturated carbocycles. The van der Waals surface area contributed by atoms with E-state index in [9.17, 15) is 14.4 Å². The average Bonchev–Trinajstić information content (AvgIpc) is 2.64. The molecule has 1 fully saturated rings. The van der Waals surface area contributed by atoms with Crippen LogP contribution >= 0.6 is 23.2 Å². The lowest BCUT2D eigenvalue weighted by Crippen LogP contribution is -2.50. The lowest BCUT2D eigenvalue weighted by atomic mass is 10.0. The summed E-state index contributed by atoms with van der Waals surface area (Å²) in [4.78, 5) is 40.1. The van der Waals surface area contributed by atoms with Gasteiger partial charge in [0.25, 0.3) is 5.91 Å². The van der Waals surface area contributed by atoms with Crippen LogP contribution in [0.1, 0.15) is 23.2 Å². The van der Waals surface area contributed by atoms with Gasteiger partial charge in [0, 0.05) is 24.2 Å². The number of likely N-dealkylation sites (N-methyl/N-ethyl adjacent to an activating group) is 1. The standard InChI is InChI=1S/C18H24Cl2N4O3/c1-23(2)13-4-3-7-24(11-13)17(26)10-21-16(25)9-22-18(27)14-6-5-12(19)8-15(14)20/h5-6,8,13H,3-4,7,9-11H2,1-2H3,(H,21,25)(H,22,27). The molecule has 1 aromatic carbocycles. The highest BCUT2D eigenvalue weighted by Gasteiger charge is 2.24. The van der Waals surface area contributed by atoms with Crippen molar-refractivity contribution >= 4 is 40.9 Å². The molecule has 0 aliphatic carbocycles. The molecule has 0 bridgehead atoms. The first-order valence-electron chi connectivity index (χ1n) is 8.72. The van der Waals surface area contributed by atoms with Gasteiger partial charge in [-0.3, -0.25) is 14.4 Å². The van der Waals surface area contributed by atoms with Crippen LogP contribution in [0.3, 0.4) is 0 Å². The molecule has 27 heavy (non-hydrogen) atoms. The third kappa shape index (κ3) is 6.37. The van der Waals surface area contributed by atoms with Crippen molar-refractivity contribution in [3.8, 4) is 0 Å². The Bertz CT molecular complexity index is 712. The molecule has 3 amide bonds. The minimum atomic E-state index is -0.483. The molecule has 0 aromatic heterocycles. The number of nitrogens with zero attached hydrogens (tertiary/aromatic N) is 2. The Morgan fingerprint density at radius 3 is 2.59 bits per heavy atom. The highest BCUT2D eigenvalue weighted by atomic mass is 35.5.